The highest BCUT2D eigenvalue weighted by atomic mass is 16.5. The molecule has 0 aliphatic rings. The van der Waals surface area contributed by atoms with Gasteiger partial charge in [-0.25, -0.2) is 15.0 Å². The molecule has 0 atom stereocenters. The molecule has 3 aromatic carbocycles. The van der Waals surface area contributed by atoms with E-state index < -0.39 is 0 Å². The van der Waals surface area contributed by atoms with Gasteiger partial charge in [0.1, 0.15) is 28.7 Å². The van der Waals surface area contributed by atoms with Crippen LogP contribution in [0, 0.1) is 0 Å². The number of phenols is 2. The lowest BCUT2D eigenvalue weighted by atomic mass is 10.1. The molecular formula is C34H37N3O9. The number of hydrogen-bond acceptors (Lipinski definition) is 12. The van der Waals surface area contributed by atoms with Crippen molar-refractivity contribution >= 4 is 11.9 Å². The molecule has 0 fully saturated rings. The second-order valence-corrected chi connectivity index (χ2v) is 9.91. The van der Waals surface area contributed by atoms with Crippen LogP contribution >= 0.6 is 0 Å². The topological polar surface area (TPSA) is 159 Å². The molecule has 1 aromatic heterocycles. The number of aromatic hydroxyl groups is 2. The van der Waals surface area contributed by atoms with E-state index in [1.54, 1.807) is 69.5 Å². The van der Waals surface area contributed by atoms with E-state index >= 15 is 0 Å². The Kier molecular flexibility index (Phi) is 12.1. The third-order valence-electron chi connectivity index (χ3n) is 6.60. The first-order valence-corrected chi connectivity index (χ1v) is 14.9. The summed E-state index contributed by atoms with van der Waals surface area (Å²) in [5, 5.41) is 21.9. The molecule has 4 aromatic rings. The molecule has 0 amide bonds. The van der Waals surface area contributed by atoms with E-state index in [1.165, 1.54) is 12.1 Å². The summed E-state index contributed by atoms with van der Waals surface area (Å²) in [5.74, 6) is 1.28. The molecule has 0 unspecified atom stereocenters. The second-order valence-electron chi connectivity index (χ2n) is 9.91. The van der Waals surface area contributed by atoms with Crippen LogP contribution in [0.3, 0.4) is 0 Å². The van der Waals surface area contributed by atoms with Crippen molar-refractivity contribution in [2.75, 3.05) is 33.5 Å². The zero-order chi connectivity index (χ0) is 32.9. The SMILES string of the molecule is CCOC(=O)CCCOc1ccc(-c2nc(-c3ccc(OC)cc3)nc(-c3ccc(OCCCC(=O)OCC)cc3O)n2)c(O)c1. The molecule has 0 aliphatic carbocycles. The van der Waals surface area contributed by atoms with Crippen LogP contribution in [-0.4, -0.2) is 70.6 Å². The maximum atomic E-state index is 11.6. The Labute approximate surface area is 266 Å². The summed E-state index contributed by atoms with van der Waals surface area (Å²) in [4.78, 5) is 36.9. The Morgan fingerprint density at radius 2 is 1.07 bits per heavy atom. The van der Waals surface area contributed by atoms with Gasteiger partial charge in [0.05, 0.1) is 44.7 Å². The van der Waals surface area contributed by atoms with Crippen molar-refractivity contribution in [3.8, 4) is 62.9 Å². The van der Waals surface area contributed by atoms with Gasteiger partial charge in [-0.05, 0) is 75.2 Å². The van der Waals surface area contributed by atoms with E-state index in [4.69, 9.17) is 23.7 Å². The lowest BCUT2D eigenvalue weighted by molar-refractivity contribution is -0.144. The molecule has 2 N–H and O–H groups in total. The summed E-state index contributed by atoms with van der Waals surface area (Å²) in [5.41, 5.74) is 1.30. The minimum absolute atomic E-state index is 0.128. The molecule has 0 aliphatic heterocycles. The first-order valence-electron chi connectivity index (χ1n) is 14.9. The van der Waals surface area contributed by atoms with Gasteiger partial charge in [0.15, 0.2) is 17.5 Å². The van der Waals surface area contributed by atoms with E-state index in [0.717, 1.165) is 0 Å². The summed E-state index contributed by atoms with van der Waals surface area (Å²) in [6, 6.07) is 16.6. The molecule has 12 nitrogen and oxygen atoms in total. The van der Waals surface area contributed by atoms with E-state index in [2.05, 4.69) is 15.0 Å². The molecular weight excluding hydrogens is 594 g/mol. The zero-order valence-electron chi connectivity index (χ0n) is 26.0. The highest BCUT2D eigenvalue weighted by molar-refractivity contribution is 5.73. The number of aromatic nitrogens is 3. The van der Waals surface area contributed by atoms with Crippen LogP contribution in [0.2, 0.25) is 0 Å². The molecule has 46 heavy (non-hydrogen) atoms. The van der Waals surface area contributed by atoms with E-state index in [1.807, 2.05) is 0 Å². The summed E-state index contributed by atoms with van der Waals surface area (Å²) >= 11 is 0. The Hall–Kier alpha value is -5.39. The van der Waals surface area contributed by atoms with E-state index in [0.29, 0.717) is 65.8 Å². The van der Waals surface area contributed by atoms with Crippen LogP contribution in [0.1, 0.15) is 39.5 Å². The number of ether oxygens (including phenoxy) is 5. The highest BCUT2D eigenvalue weighted by Crippen LogP contribution is 2.36. The quantitative estimate of drug-likeness (QED) is 0.114. The van der Waals surface area contributed by atoms with E-state index in [9.17, 15) is 19.8 Å². The number of carbonyl (C=O) groups excluding carboxylic acids is 2. The van der Waals surface area contributed by atoms with Gasteiger partial charge in [-0.15, -0.1) is 0 Å². The zero-order valence-corrected chi connectivity index (χ0v) is 26.0. The molecule has 242 valence electrons. The first-order chi connectivity index (χ1) is 22.3. The monoisotopic (exact) mass is 631 g/mol. The Balaban J connectivity index is 1.59. The highest BCUT2D eigenvalue weighted by Gasteiger charge is 2.18. The molecule has 0 saturated carbocycles. The lowest BCUT2D eigenvalue weighted by Crippen LogP contribution is -2.06. The van der Waals surface area contributed by atoms with Gasteiger partial charge in [0.2, 0.25) is 0 Å². The van der Waals surface area contributed by atoms with Crippen LogP contribution in [0.25, 0.3) is 34.2 Å². The third kappa shape index (κ3) is 9.31. The van der Waals surface area contributed by atoms with Gasteiger partial charge in [-0.3, -0.25) is 9.59 Å². The average molecular weight is 632 g/mol. The summed E-state index contributed by atoms with van der Waals surface area (Å²) in [6.45, 7) is 4.68. The smallest absolute Gasteiger partial charge is 0.305 e. The number of phenolic OH excluding ortho intramolecular Hbond substituents is 2. The lowest BCUT2D eigenvalue weighted by Gasteiger charge is -2.12. The number of methoxy groups -OCH3 is 1. The fraction of sp³-hybridized carbons (Fsp3) is 0.324. The van der Waals surface area contributed by atoms with Gasteiger partial charge >= 0.3 is 11.9 Å². The molecule has 0 bridgehead atoms. The minimum atomic E-state index is -0.290. The standard InChI is InChI=1S/C34H37N3O9/c1-4-43-30(40)8-6-18-45-24-14-16-26(28(38)20-24)33-35-32(22-10-12-23(42-3)13-11-22)36-34(37-33)27-17-15-25(21-29(27)39)46-19-7-9-31(41)44-5-2/h10-17,20-21,38-39H,4-9,18-19H2,1-3H3. The Morgan fingerprint density at radius 1 is 0.630 bits per heavy atom. The largest absolute Gasteiger partial charge is 0.507 e. The van der Waals surface area contributed by atoms with Crippen molar-refractivity contribution in [1.29, 1.82) is 0 Å². The maximum absolute atomic E-state index is 11.6. The van der Waals surface area contributed by atoms with Crippen molar-refractivity contribution in [1.82, 2.24) is 15.0 Å². The molecule has 12 heteroatoms. The average Bonchev–Trinajstić information content (AvgIpc) is 3.05. The van der Waals surface area contributed by atoms with Gasteiger partial charge < -0.3 is 33.9 Å². The Morgan fingerprint density at radius 3 is 1.48 bits per heavy atom. The molecule has 1 heterocycles. The van der Waals surface area contributed by atoms with Gasteiger partial charge in [-0.2, -0.15) is 0 Å². The number of nitrogens with zero attached hydrogens (tertiary/aromatic N) is 3. The number of carbonyl (C=O) groups is 2. The van der Waals surface area contributed by atoms with Crippen LogP contribution in [0.4, 0.5) is 0 Å². The van der Waals surface area contributed by atoms with Crippen LogP contribution < -0.4 is 14.2 Å². The normalized spacial score (nSPS) is 10.7. The fourth-order valence-electron chi connectivity index (χ4n) is 4.35. The minimum Gasteiger partial charge on any atom is -0.507 e. The second kappa shape index (κ2) is 16.6. The van der Waals surface area contributed by atoms with Crippen molar-refractivity contribution in [2.24, 2.45) is 0 Å². The third-order valence-corrected chi connectivity index (χ3v) is 6.60. The van der Waals surface area contributed by atoms with Crippen LogP contribution in [0.15, 0.2) is 60.7 Å². The fourth-order valence-corrected chi connectivity index (χ4v) is 4.35. The van der Waals surface area contributed by atoms with Crippen molar-refractivity contribution < 1.29 is 43.5 Å². The predicted octanol–water partition coefficient (Wildman–Crippen LogP) is 5.74. The number of hydrogen-bond donors (Lipinski definition) is 2. The number of benzene rings is 3. The molecule has 0 saturated heterocycles. The van der Waals surface area contributed by atoms with Gasteiger partial charge in [-0.1, -0.05) is 0 Å². The van der Waals surface area contributed by atoms with E-state index in [-0.39, 0.29) is 61.1 Å². The molecule has 0 radical (unpaired) electrons. The van der Waals surface area contributed by atoms with Crippen LogP contribution in [0.5, 0.6) is 28.7 Å². The van der Waals surface area contributed by atoms with Crippen molar-refractivity contribution in [2.45, 2.75) is 39.5 Å². The maximum Gasteiger partial charge on any atom is 0.305 e. The molecule has 4 rings (SSSR count). The predicted molar refractivity (Wildman–Crippen MR) is 169 cm³/mol. The van der Waals surface area contributed by atoms with Gasteiger partial charge in [0, 0.05) is 30.5 Å². The number of esters is 2. The van der Waals surface area contributed by atoms with Crippen molar-refractivity contribution in [3.05, 3.63) is 60.7 Å². The van der Waals surface area contributed by atoms with Gasteiger partial charge in [0.25, 0.3) is 0 Å². The van der Waals surface area contributed by atoms with Crippen molar-refractivity contribution in [3.63, 3.8) is 0 Å². The Bertz CT molecular complexity index is 1530. The first kappa shape index (κ1) is 33.5. The van der Waals surface area contributed by atoms with Crippen LogP contribution in [-0.2, 0) is 19.1 Å². The summed E-state index contributed by atoms with van der Waals surface area (Å²) in [6.07, 6.45) is 1.39. The summed E-state index contributed by atoms with van der Waals surface area (Å²) < 4.78 is 26.5. The number of rotatable bonds is 16. The molecule has 0 spiro atoms. The summed E-state index contributed by atoms with van der Waals surface area (Å²) in [7, 11) is 1.57.